The van der Waals surface area contributed by atoms with Gasteiger partial charge in [0.2, 0.25) is 10.0 Å². The average Bonchev–Trinajstić information content (AvgIpc) is 2.14. The second kappa shape index (κ2) is 5.29. The van der Waals surface area contributed by atoms with Gasteiger partial charge in [0.05, 0.1) is 5.75 Å². The number of sulfonamides is 1. The SMILES string of the molecule is CC(=O)OC(C)c1ccccc1CS(N)(=O)=O. The Hall–Kier alpha value is -1.40. The maximum atomic E-state index is 11.1. The maximum Gasteiger partial charge on any atom is 0.303 e. The molecule has 0 saturated carbocycles. The molecular formula is C11H15NO4S. The first-order chi connectivity index (χ1) is 7.79. The van der Waals surface area contributed by atoms with Gasteiger partial charge in [0.1, 0.15) is 6.10 Å². The lowest BCUT2D eigenvalue weighted by Crippen LogP contribution is -2.16. The Kier molecular flexibility index (Phi) is 4.25. The molecule has 0 spiro atoms. The number of ether oxygens (including phenoxy) is 1. The van der Waals surface area contributed by atoms with Crippen molar-refractivity contribution in [2.75, 3.05) is 0 Å². The van der Waals surface area contributed by atoms with Crippen LogP contribution in [0.2, 0.25) is 0 Å². The predicted octanol–water partition coefficient (Wildman–Crippen LogP) is 1.10. The quantitative estimate of drug-likeness (QED) is 0.818. The lowest BCUT2D eigenvalue weighted by molar-refractivity contribution is -0.145. The number of esters is 1. The molecule has 1 rings (SSSR count). The van der Waals surface area contributed by atoms with Crippen LogP contribution in [0.1, 0.15) is 31.1 Å². The minimum Gasteiger partial charge on any atom is -0.458 e. The van der Waals surface area contributed by atoms with Crippen molar-refractivity contribution in [3.8, 4) is 0 Å². The molecule has 0 aliphatic heterocycles. The molecule has 1 unspecified atom stereocenters. The standard InChI is InChI=1S/C11H15NO4S/c1-8(16-9(2)13)11-6-4-3-5-10(11)7-17(12,14)15/h3-6,8H,7H2,1-2H3,(H2,12,14,15). The van der Waals surface area contributed by atoms with Gasteiger partial charge in [-0.3, -0.25) is 4.79 Å². The highest BCUT2D eigenvalue weighted by atomic mass is 32.2. The van der Waals surface area contributed by atoms with Gasteiger partial charge in [-0.2, -0.15) is 0 Å². The number of hydrogen-bond acceptors (Lipinski definition) is 4. The largest absolute Gasteiger partial charge is 0.458 e. The van der Waals surface area contributed by atoms with Gasteiger partial charge in [-0.15, -0.1) is 0 Å². The van der Waals surface area contributed by atoms with E-state index in [-0.39, 0.29) is 5.75 Å². The van der Waals surface area contributed by atoms with Gasteiger partial charge in [0.25, 0.3) is 0 Å². The topological polar surface area (TPSA) is 86.5 Å². The van der Waals surface area contributed by atoms with E-state index in [1.807, 2.05) is 0 Å². The lowest BCUT2D eigenvalue weighted by atomic mass is 10.0. The van der Waals surface area contributed by atoms with E-state index in [2.05, 4.69) is 0 Å². The molecule has 0 saturated heterocycles. The molecule has 1 aromatic rings. The summed E-state index contributed by atoms with van der Waals surface area (Å²) in [6.07, 6.45) is -0.495. The van der Waals surface area contributed by atoms with Crippen LogP contribution in [-0.2, 0) is 25.3 Å². The highest BCUT2D eigenvalue weighted by Crippen LogP contribution is 2.22. The highest BCUT2D eigenvalue weighted by Gasteiger charge is 2.15. The number of benzene rings is 1. The van der Waals surface area contributed by atoms with Crippen molar-refractivity contribution in [3.63, 3.8) is 0 Å². The molecule has 0 aliphatic carbocycles. The molecule has 1 aromatic carbocycles. The van der Waals surface area contributed by atoms with Crippen molar-refractivity contribution in [3.05, 3.63) is 35.4 Å². The molecule has 6 heteroatoms. The van der Waals surface area contributed by atoms with Crippen LogP contribution < -0.4 is 5.14 Å². The minimum absolute atomic E-state index is 0.269. The van der Waals surface area contributed by atoms with Gasteiger partial charge in [0.15, 0.2) is 0 Å². The zero-order valence-electron chi connectivity index (χ0n) is 9.71. The summed E-state index contributed by atoms with van der Waals surface area (Å²) in [4.78, 5) is 10.9. The fourth-order valence-corrected chi connectivity index (χ4v) is 2.29. The van der Waals surface area contributed by atoms with Gasteiger partial charge >= 0.3 is 5.97 Å². The van der Waals surface area contributed by atoms with Crippen molar-refractivity contribution in [2.45, 2.75) is 25.7 Å². The van der Waals surface area contributed by atoms with Crippen LogP contribution in [0.5, 0.6) is 0 Å². The van der Waals surface area contributed by atoms with Gasteiger partial charge < -0.3 is 4.74 Å². The van der Waals surface area contributed by atoms with E-state index in [0.717, 1.165) is 0 Å². The molecule has 0 bridgehead atoms. The summed E-state index contributed by atoms with van der Waals surface area (Å²) in [5, 5.41) is 5.00. The van der Waals surface area contributed by atoms with E-state index >= 15 is 0 Å². The fourth-order valence-electron chi connectivity index (χ4n) is 1.59. The van der Waals surface area contributed by atoms with Crippen LogP contribution in [0.25, 0.3) is 0 Å². The van der Waals surface area contributed by atoms with Gasteiger partial charge in [-0.05, 0) is 18.1 Å². The highest BCUT2D eigenvalue weighted by molar-refractivity contribution is 7.88. The summed E-state index contributed by atoms with van der Waals surface area (Å²) in [5.41, 5.74) is 1.19. The number of primary sulfonamides is 1. The lowest BCUT2D eigenvalue weighted by Gasteiger charge is -2.15. The van der Waals surface area contributed by atoms with Crippen molar-refractivity contribution < 1.29 is 17.9 Å². The monoisotopic (exact) mass is 257 g/mol. The minimum atomic E-state index is -3.60. The third kappa shape index (κ3) is 4.54. The Balaban J connectivity index is 3.03. The summed E-state index contributed by atoms with van der Waals surface area (Å²) >= 11 is 0. The second-order valence-electron chi connectivity index (χ2n) is 3.76. The molecule has 0 aliphatic rings. The molecule has 0 radical (unpaired) electrons. The van der Waals surface area contributed by atoms with Crippen LogP contribution >= 0.6 is 0 Å². The molecule has 2 N–H and O–H groups in total. The summed E-state index contributed by atoms with van der Waals surface area (Å²) in [6.45, 7) is 2.99. The Labute approximate surface area is 101 Å². The molecule has 0 amide bonds. The first-order valence-corrected chi connectivity index (χ1v) is 6.76. The Morgan fingerprint density at radius 3 is 2.53 bits per heavy atom. The van der Waals surface area contributed by atoms with Crippen molar-refractivity contribution >= 4 is 16.0 Å². The van der Waals surface area contributed by atoms with Gasteiger partial charge in [-0.25, -0.2) is 13.6 Å². The molecular weight excluding hydrogens is 242 g/mol. The fraction of sp³-hybridized carbons (Fsp3) is 0.364. The molecule has 5 nitrogen and oxygen atoms in total. The molecule has 1 atom stereocenters. The summed E-state index contributed by atoms with van der Waals surface area (Å²) in [6, 6.07) is 6.83. The summed E-state index contributed by atoms with van der Waals surface area (Å²) in [5.74, 6) is -0.683. The number of carbonyl (C=O) groups is 1. The molecule has 0 aromatic heterocycles. The molecule has 94 valence electrons. The summed E-state index contributed by atoms with van der Waals surface area (Å²) in [7, 11) is -3.60. The zero-order valence-corrected chi connectivity index (χ0v) is 10.5. The average molecular weight is 257 g/mol. The Morgan fingerprint density at radius 2 is 2.00 bits per heavy atom. The Bertz CT molecular complexity index is 510. The van der Waals surface area contributed by atoms with E-state index in [0.29, 0.717) is 11.1 Å². The smallest absolute Gasteiger partial charge is 0.303 e. The first kappa shape index (κ1) is 13.7. The predicted molar refractivity (Wildman–Crippen MR) is 63.4 cm³/mol. The zero-order chi connectivity index (χ0) is 13.1. The van der Waals surface area contributed by atoms with Gasteiger partial charge in [0, 0.05) is 6.92 Å². The molecule has 0 heterocycles. The number of nitrogens with two attached hydrogens (primary N) is 1. The maximum absolute atomic E-state index is 11.1. The van der Waals surface area contributed by atoms with E-state index in [1.165, 1.54) is 6.92 Å². The number of carbonyl (C=O) groups excluding carboxylic acids is 1. The molecule has 17 heavy (non-hydrogen) atoms. The first-order valence-electron chi connectivity index (χ1n) is 5.05. The van der Waals surface area contributed by atoms with Crippen LogP contribution in [0.15, 0.2) is 24.3 Å². The normalized spacial score (nSPS) is 13.1. The van der Waals surface area contributed by atoms with E-state index in [4.69, 9.17) is 9.88 Å². The molecule has 0 fully saturated rings. The number of hydrogen-bond donors (Lipinski definition) is 1. The second-order valence-corrected chi connectivity index (χ2v) is 5.37. The van der Waals surface area contributed by atoms with Crippen LogP contribution in [0, 0.1) is 0 Å². The van der Waals surface area contributed by atoms with E-state index in [1.54, 1.807) is 31.2 Å². The van der Waals surface area contributed by atoms with Crippen LogP contribution in [-0.4, -0.2) is 14.4 Å². The van der Waals surface area contributed by atoms with Crippen molar-refractivity contribution in [1.29, 1.82) is 0 Å². The van der Waals surface area contributed by atoms with Crippen LogP contribution in [0.4, 0.5) is 0 Å². The number of rotatable bonds is 4. The van der Waals surface area contributed by atoms with E-state index < -0.39 is 22.1 Å². The summed E-state index contributed by atoms with van der Waals surface area (Å²) < 4.78 is 27.2. The van der Waals surface area contributed by atoms with Crippen molar-refractivity contribution in [1.82, 2.24) is 0 Å². The third-order valence-corrected chi connectivity index (χ3v) is 2.91. The van der Waals surface area contributed by atoms with Crippen LogP contribution in [0.3, 0.4) is 0 Å². The van der Waals surface area contributed by atoms with Crippen molar-refractivity contribution in [2.24, 2.45) is 5.14 Å². The van der Waals surface area contributed by atoms with E-state index in [9.17, 15) is 13.2 Å². The van der Waals surface area contributed by atoms with Gasteiger partial charge in [-0.1, -0.05) is 24.3 Å². The Morgan fingerprint density at radius 1 is 1.41 bits per heavy atom. The third-order valence-electron chi connectivity index (χ3n) is 2.19.